The number of hydrogen-bond acceptors (Lipinski definition) is 5. The number of carbonyl (C=O) groups is 1. The summed E-state index contributed by atoms with van der Waals surface area (Å²) in [6.07, 6.45) is -0.149. The second-order valence-corrected chi connectivity index (χ2v) is 6.05. The van der Waals surface area contributed by atoms with E-state index in [1.165, 1.54) is 11.3 Å². The Morgan fingerprint density at radius 2 is 2.19 bits per heavy atom. The number of carboxylic acids is 1. The number of morpholine rings is 1. The van der Waals surface area contributed by atoms with Gasteiger partial charge in [0.1, 0.15) is 11.1 Å². The molecule has 1 aliphatic heterocycles. The molecule has 0 saturated carbocycles. The van der Waals surface area contributed by atoms with Crippen LogP contribution in [-0.4, -0.2) is 47.7 Å². The highest BCUT2D eigenvalue weighted by Crippen LogP contribution is 2.35. The number of hydrogen-bond donors (Lipinski definition) is 1. The molecule has 0 amide bonds. The zero-order valence-corrected chi connectivity index (χ0v) is 12.5. The summed E-state index contributed by atoms with van der Waals surface area (Å²) in [7, 11) is 2.03. The summed E-state index contributed by atoms with van der Waals surface area (Å²) in [6.45, 7) is 2.27. The van der Waals surface area contributed by atoms with Crippen LogP contribution in [0.4, 0.5) is 0 Å². The molecule has 0 bridgehead atoms. The Morgan fingerprint density at radius 3 is 2.86 bits per heavy atom. The molecule has 2 aromatic rings. The molecule has 1 fully saturated rings. The maximum Gasteiger partial charge on any atom is 0.356 e. The van der Waals surface area contributed by atoms with E-state index in [1.807, 2.05) is 37.4 Å². The molecule has 5 nitrogen and oxygen atoms in total. The fourth-order valence-corrected chi connectivity index (χ4v) is 3.44. The van der Waals surface area contributed by atoms with Crippen molar-refractivity contribution in [3.05, 3.63) is 41.0 Å². The van der Waals surface area contributed by atoms with Crippen molar-refractivity contribution in [3.8, 4) is 10.4 Å². The molecular formula is C15H16N2O3S. The Hall–Kier alpha value is -1.76. The van der Waals surface area contributed by atoms with E-state index in [4.69, 9.17) is 4.74 Å². The molecule has 1 N–H and O–H groups in total. The van der Waals surface area contributed by atoms with Crippen LogP contribution in [0.3, 0.4) is 0 Å². The van der Waals surface area contributed by atoms with Crippen LogP contribution in [-0.2, 0) is 4.74 Å². The number of nitrogens with zero attached hydrogens (tertiary/aromatic N) is 2. The third-order valence-corrected chi connectivity index (χ3v) is 4.62. The number of likely N-dealkylation sites (N-methyl/N-ethyl adjacent to an activating group) is 1. The molecule has 0 radical (unpaired) electrons. The molecule has 2 heterocycles. The first-order valence-electron chi connectivity index (χ1n) is 6.74. The van der Waals surface area contributed by atoms with Crippen molar-refractivity contribution in [2.24, 2.45) is 0 Å². The van der Waals surface area contributed by atoms with Gasteiger partial charge < -0.3 is 14.7 Å². The summed E-state index contributed by atoms with van der Waals surface area (Å²) in [5.41, 5.74) is 0.987. The highest BCUT2D eigenvalue weighted by molar-refractivity contribution is 7.15. The largest absolute Gasteiger partial charge is 0.476 e. The van der Waals surface area contributed by atoms with Crippen molar-refractivity contribution in [1.29, 1.82) is 0 Å². The fraction of sp³-hybridized carbons (Fsp3) is 0.333. The molecule has 1 aromatic carbocycles. The minimum Gasteiger partial charge on any atom is -0.476 e. The summed E-state index contributed by atoms with van der Waals surface area (Å²) in [6, 6.07) is 9.50. The first kappa shape index (κ1) is 14.2. The molecule has 3 rings (SSSR count). The summed E-state index contributed by atoms with van der Waals surface area (Å²) in [5, 5.41) is 10.1. The normalized spacial score (nSPS) is 19.6. The van der Waals surface area contributed by atoms with Crippen LogP contribution in [0, 0.1) is 0 Å². The van der Waals surface area contributed by atoms with E-state index in [9.17, 15) is 9.90 Å². The smallest absolute Gasteiger partial charge is 0.356 e. The standard InChI is InChI=1S/C15H16N2O3S/c1-17-7-8-20-11(9-17)14-16-12(15(18)19)13(21-14)10-5-3-2-4-6-10/h2-6,11H,7-9H2,1H3,(H,18,19). The van der Waals surface area contributed by atoms with Gasteiger partial charge in [-0.2, -0.15) is 0 Å². The lowest BCUT2D eigenvalue weighted by molar-refractivity contribution is -0.0210. The first-order valence-corrected chi connectivity index (χ1v) is 7.56. The summed E-state index contributed by atoms with van der Waals surface area (Å²) < 4.78 is 5.73. The van der Waals surface area contributed by atoms with E-state index < -0.39 is 5.97 Å². The van der Waals surface area contributed by atoms with Crippen LogP contribution in [0.2, 0.25) is 0 Å². The molecule has 0 spiro atoms. The van der Waals surface area contributed by atoms with Crippen molar-refractivity contribution in [2.45, 2.75) is 6.10 Å². The van der Waals surface area contributed by atoms with Gasteiger partial charge >= 0.3 is 5.97 Å². The number of carboxylic acid groups (broad SMARTS) is 1. The SMILES string of the molecule is CN1CCOC(c2nc(C(=O)O)c(-c3ccccc3)s2)C1. The lowest BCUT2D eigenvalue weighted by atomic mass is 10.1. The van der Waals surface area contributed by atoms with Gasteiger partial charge in [0.2, 0.25) is 0 Å². The minimum atomic E-state index is -1.000. The average Bonchev–Trinajstić information content (AvgIpc) is 2.93. The van der Waals surface area contributed by atoms with Crippen molar-refractivity contribution in [3.63, 3.8) is 0 Å². The number of aromatic carboxylic acids is 1. The Morgan fingerprint density at radius 1 is 1.43 bits per heavy atom. The third-order valence-electron chi connectivity index (χ3n) is 3.43. The van der Waals surface area contributed by atoms with Crippen LogP contribution >= 0.6 is 11.3 Å². The molecule has 21 heavy (non-hydrogen) atoms. The summed E-state index contributed by atoms with van der Waals surface area (Å²) in [5.74, 6) is -1.000. The van der Waals surface area contributed by atoms with Crippen molar-refractivity contribution in [1.82, 2.24) is 9.88 Å². The minimum absolute atomic E-state index is 0.109. The molecule has 0 aliphatic carbocycles. The summed E-state index contributed by atoms with van der Waals surface area (Å²) >= 11 is 1.41. The van der Waals surface area contributed by atoms with E-state index in [0.717, 1.165) is 23.7 Å². The molecule has 1 saturated heterocycles. The van der Waals surface area contributed by atoms with Crippen LogP contribution < -0.4 is 0 Å². The van der Waals surface area contributed by atoms with Crippen LogP contribution in [0.25, 0.3) is 10.4 Å². The van der Waals surface area contributed by atoms with E-state index in [-0.39, 0.29) is 11.8 Å². The highest BCUT2D eigenvalue weighted by atomic mass is 32.1. The number of ether oxygens (including phenoxy) is 1. The van der Waals surface area contributed by atoms with E-state index >= 15 is 0 Å². The van der Waals surface area contributed by atoms with Crippen molar-refractivity contribution >= 4 is 17.3 Å². The van der Waals surface area contributed by atoms with Gasteiger partial charge in [-0.3, -0.25) is 0 Å². The highest BCUT2D eigenvalue weighted by Gasteiger charge is 2.26. The number of aromatic nitrogens is 1. The van der Waals surface area contributed by atoms with Gasteiger partial charge in [-0.05, 0) is 12.6 Å². The first-order chi connectivity index (χ1) is 10.1. The molecule has 1 atom stereocenters. The van der Waals surface area contributed by atoms with Crippen molar-refractivity contribution < 1.29 is 14.6 Å². The number of rotatable bonds is 3. The van der Waals surface area contributed by atoms with Crippen LogP contribution in [0.1, 0.15) is 21.6 Å². The average molecular weight is 304 g/mol. The number of thiazole rings is 1. The summed E-state index contributed by atoms with van der Waals surface area (Å²) in [4.78, 5) is 18.6. The van der Waals surface area contributed by atoms with E-state index in [1.54, 1.807) is 0 Å². The lowest BCUT2D eigenvalue weighted by Gasteiger charge is -2.28. The quantitative estimate of drug-likeness (QED) is 0.944. The molecule has 1 aliphatic rings. The van der Waals surface area contributed by atoms with Gasteiger partial charge in [0.25, 0.3) is 0 Å². The van der Waals surface area contributed by atoms with Gasteiger partial charge in [0.05, 0.1) is 11.5 Å². The predicted octanol–water partition coefficient (Wildman–Crippen LogP) is 2.51. The van der Waals surface area contributed by atoms with E-state index in [2.05, 4.69) is 9.88 Å². The Kier molecular flexibility index (Phi) is 4.01. The maximum atomic E-state index is 11.4. The zero-order chi connectivity index (χ0) is 14.8. The van der Waals surface area contributed by atoms with Crippen LogP contribution in [0.15, 0.2) is 30.3 Å². The maximum absolute atomic E-state index is 11.4. The molecule has 6 heteroatoms. The van der Waals surface area contributed by atoms with Crippen molar-refractivity contribution in [2.75, 3.05) is 26.7 Å². The zero-order valence-electron chi connectivity index (χ0n) is 11.7. The lowest BCUT2D eigenvalue weighted by Crippen LogP contribution is -2.35. The molecule has 1 aromatic heterocycles. The second kappa shape index (κ2) is 5.93. The third kappa shape index (κ3) is 2.97. The van der Waals surface area contributed by atoms with Gasteiger partial charge in [0.15, 0.2) is 5.69 Å². The fourth-order valence-electron chi connectivity index (χ4n) is 2.33. The Labute approximate surface area is 126 Å². The topological polar surface area (TPSA) is 62.7 Å². The predicted molar refractivity (Wildman–Crippen MR) is 80.7 cm³/mol. The van der Waals surface area contributed by atoms with Crippen LogP contribution in [0.5, 0.6) is 0 Å². The Bertz CT molecular complexity index is 642. The monoisotopic (exact) mass is 304 g/mol. The number of benzene rings is 1. The van der Waals surface area contributed by atoms with Gasteiger partial charge in [-0.15, -0.1) is 11.3 Å². The van der Waals surface area contributed by atoms with Gasteiger partial charge in [0, 0.05) is 13.1 Å². The molecular weight excluding hydrogens is 288 g/mol. The molecule has 110 valence electrons. The second-order valence-electron chi connectivity index (χ2n) is 5.02. The van der Waals surface area contributed by atoms with E-state index in [0.29, 0.717) is 11.5 Å². The molecule has 1 unspecified atom stereocenters. The van der Waals surface area contributed by atoms with Gasteiger partial charge in [-0.1, -0.05) is 30.3 Å². The van der Waals surface area contributed by atoms with Gasteiger partial charge in [-0.25, -0.2) is 9.78 Å². The Balaban J connectivity index is 1.99.